The molecule has 1 fully saturated rings. The van der Waals surface area contributed by atoms with Gasteiger partial charge in [0.1, 0.15) is 5.78 Å². The van der Waals surface area contributed by atoms with Gasteiger partial charge >= 0.3 is 11.9 Å². The van der Waals surface area contributed by atoms with Gasteiger partial charge in [0.05, 0.1) is 6.10 Å². The lowest BCUT2D eigenvalue weighted by Crippen LogP contribution is -2.26. The number of carboxylic acids is 1. The predicted molar refractivity (Wildman–Crippen MR) is 65.4 cm³/mol. The number of carbonyl (C=O) groups is 3. The second-order valence-electron chi connectivity index (χ2n) is 5.08. The van der Waals surface area contributed by atoms with Crippen LogP contribution >= 0.6 is 0 Å². The monoisotopic (exact) mass is 272 g/mol. The minimum absolute atomic E-state index is 0.0100. The number of Topliss-reactive ketones (excluding diaryl/α,β-unsaturated/α-hetero) is 1. The van der Waals surface area contributed by atoms with E-state index in [0.29, 0.717) is 19.3 Å². The van der Waals surface area contributed by atoms with Crippen LogP contribution in [0.3, 0.4) is 0 Å². The van der Waals surface area contributed by atoms with Crippen LogP contribution in [0.4, 0.5) is 0 Å². The summed E-state index contributed by atoms with van der Waals surface area (Å²) >= 11 is 0. The highest BCUT2D eigenvalue weighted by atomic mass is 16.5. The Bertz CT molecular complexity index is 351. The van der Waals surface area contributed by atoms with Gasteiger partial charge in [-0.1, -0.05) is 0 Å². The highest BCUT2D eigenvalue weighted by molar-refractivity contribution is 5.79. The van der Waals surface area contributed by atoms with Crippen molar-refractivity contribution >= 4 is 17.7 Å². The second kappa shape index (κ2) is 7.23. The van der Waals surface area contributed by atoms with Crippen LogP contribution in [0.5, 0.6) is 0 Å². The quantitative estimate of drug-likeness (QED) is 0.740. The molecule has 1 heterocycles. The van der Waals surface area contributed by atoms with Gasteiger partial charge in [-0.25, -0.2) is 4.79 Å². The van der Waals surface area contributed by atoms with E-state index >= 15 is 0 Å². The molecule has 6 nitrogen and oxygen atoms in total. The standard InChI is InChI=1S/C13H20O6/c1-8-2-4-10(14)6-9(3-5-12(16)19-8)7-11(15)13(17)18/h8-9,11,15H,2-7H2,1H3,(H,17,18)/t8-,9+,11+/m0/s1. The number of carboxylic acid groups (broad SMARTS) is 1. The van der Waals surface area contributed by atoms with Gasteiger partial charge in [0.25, 0.3) is 0 Å². The molecule has 0 bridgehead atoms. The molecule has 6 heteroatoms. The van der Waals surface area contributed by atoms with E-state index in [-0.39, 0.29) is 43.0 Å². The molecule has 0 saturated carbocycles. The summed E-state index contributed by atoms with van der Waals surface area (Å²) in [4.78, 5) is 33.8. The summed E-state index contributed by atoms with van der Waals surface area (Å²) in [5.41, 5.74) is 0. The number of ether oxygens (including phenoxy) is 1. The van der Waals surface area contributed by atoms with E-state index in [0.717, 1.165) is 0 Å². The first-order valence-corrected chi connectivity index (χ1v) is 6.50. The molecule has 1 rings (SSSR count). The minimum atomic E-state index is -1.49. The van der Waals surface area contributed by atoms with Gasteiger partial charge in [0, 0.05) is 19.3 Å². The SMILES string of the molecule is C[C@H]1CCC(=O)C[C@H](C[C@@H](O)C(=O)O)CCC(=O)O1. The van der Waals surface area contributed by atoms with Crippen molar-refractivity contribution in [2.75, 3.05) is 0 Å². The van der Waals surface area contributed by atoms with Crippen LogP contribution in [0.1, 0.15) is 45.4 Å². The van der Waals surface area contributed by atoms with Crippen LogP contribution in [-0.2, 0) is 19.1 Å². The molecular weight excluding hydrogens is 252 g/mol. The normalized spacial score (nSPS) is 27.5. The molecule has 0 aromatic carbocycles. The summed E-state index contributed by atoms with van der Waals surface area (Å²) < 4.78 is 5.11. The van der Waals surface area contributed by atoms with Gasteiger partial charge in [-0.15, -0.1) is 0 Å². The Morgan fingerprint density at radius 3 is 2.68 bits per heavy atom. The number of rotatable bonds is 3. The Morgan fingerprint density at radius 2 is 2.05 bits per heavy atom. The van der Waals surface area contributed by atoms with Gasteiger partial charge in [-0.3, -0.25) is 9.59 Å². The van der Waals surface area contributed by atoms with Crippen molar-refractivity contribution in [1.82, 2.24) is 0 Å². The predicted octanol–water partition coefficient (Wildman–Crippen LogP) is 0.903. The first-order valence-electron chi connectivity index (χ1n) is 6.50. The number of aliphatic hydroxyl groups is 1. The average molecular weight is 272 g/mol. The van der Waals surface area contributed by atoms with Crippen molar-refractivity contribution in [2.45, 2.75) is 57.7 Å². The van der Waals surface area contributed by atoms with E-state index in [1.807, 2.05) is 0 Å². The molecule has 108 valence electrons. The summed E-state index contributed by atoms with van der Waals surface area (Å²) in [7, 11) is 0. The Morgan fingerprint density at radius 1 is 1.37 bits per heavy atom. The Hall–Kier alpha value is -1.43. The van der Waals surface area contributed by atoms with E-state index < -0.39 is 12.1 Å². The third-order valence-electron chi connectivity index (χ3n) is 3.28. The van der Waals surface area contributed by atoms with Gasteiger partial charge in [-0.05, 0) is 32.1 Å². The highest BCUT2D eigenvalue weighted by Gasteiger charge is 2.25. The first kappa shape index (κ1) is 15.6. The molecule has 0 radical (unpaired) electrons. The van der Waals surface area contributed by atoms with Gasteiger partial charge < -0.3 is 14.9 Å². The van der Waals surface area contributed by atoms with E-state index in [1.165, 1.54) is 0 Å². The van der Waals surface area contributed by atoms with Crippen LogP contribution in [-0.4, -0.2) is 40.1 Å². The molecule has 1 aliphatic heterocycles. The molecule has 1 saturated heterocycles. The molecule has 19 heavy (non-hydrogen) atoms. The molecule has 0 amide bonds. The summed E-state index contributed by atoms with van der Waals surface area (Å²) in [6, 6.07) is 0. The molecule has 3 atom stereocenters. The van der Waals surface area contributed by atoms with Crippen LogP contribution in [0.2, 0.25) is 0 Å². The summed E-state index contributed by atoms with van der Waals surface area (Å²) in [6.07, 6.45) is -0.245. The maximum Gasteiger partial charge on any atom is 0.332 e. The molecular formula is C13H20O6. The fourth-order valence-electron chi connectivity index (χ4n) is 2.17. The minimum Gasteiger partial charge on any atom is -0.479 e. The van der Waals surface area contributed by atoms with Crippen molar-refractivity contribution in [3.8, 4) is 0 Å². The van der Waals surface area contributed by atoms with Gasteiger partial charge in [0.15, 0.2) is 6.10 Å². The van der Waals surface area contributed by atoms with Crippen molar-refractivity contribution in [2.24, 2.45) is 5.92 Å². The third kappa shape index (κ3) is 5.83. The zero-order valence-corrected chi connectivity index (χ0v) is 11.0. The first-order chi connectivity index (χ1) is 8.88. The van der Waals surface area contributed by atoms with Crippen LogP contribution < -0.4 is 0 Å². The number of hydrogen-bond acceptors (Lipinski definition) is 5. The van der Waals surface area contributed by atoms with E-state index in [1.54, 1.807) is 6.92 Å². The third-order valence-corrected chi connectivity index (χ3v) is 3.28. The van der Waals surface area contributed by atoms with E-state index in [9.17, 15) is 19.5 Å². The number of cyclic esters (lactones) is 1. The zero-order chi connectivity index (χ0) is 14.4. The van der Waals surface area contributed by atoms with Crippen LogP contribution in [0.25, 0.3) is 0 Å². The fraction of sp³-hybridized carbons (Fsp3) is 0.769. The zero-order valence-electron chi connectivity index (χ0n) is 11.0. The number of esters is 1. The fourth-order valence-corrected chi connectivity index (χ4v) is 2.17. The lowest BCUT2D eigenvalue weighted by molar-refractivity contribution is -0.150. The van der Waals surface area contributed by atoms with E-state index in [4.69, 9.17) is 9.84 Å². The highest BCUT2D eigenvalue weighted by Crippen LogP contribution is 2.22. The Balaban J connectivity index is 2.61. The Labute approximate surface area is 111 Å². The molecule has 0 aliphatic carbocycles. The Kier molecular flexibility index (Phi) is 5.95. The topological polar surface area (TPSA) is 101 Å². The number of ketones is 1. The molecule has 0 aromatic rings. The van der Waals surface area contributed by atoms with Gasteiger partial charge in [-0.2, -0.15) is 0 Å². The van der Waals surface area contributed by atoms with Crippen molar-refractivity contribution in [3.05, 3.63) is 0 Å². The van der Waals surface area contributed by atoms with Crippen LogP contribution in [0, 0.1) is 5.92 Å². The number of aliphatic hydroxyl groups excluding tert-OH is 1. The number of carbonyl (C=O) groups excluding carboxylic acids is 2. The van der Waals surface area contributed by atoms with E-state index in [2.05, 4.69) is 0 Å². The molecule has 0 spiro atoms. The molecule has 1 aliphatic rings. The molecule has 0 aromatic heterocycles. The summed E-state index contributed by atoms with van der Waals surface area (Å²) in [6.45, 7) is 1.75. The smallest absolute Gasteiger partial charge is 0.332 e. The summed E-state index contributed by atoms with van der Waals surface area (Å²) in [5.74, 6) is -1.91. The second-order valence-corrected chi connectivity index (χ2v) is 5.08. The van der Waals surface area contributed by atoms with Crippen molar-refractivity contribution in [3.63, 3.8) is 0 Å². The van der Waals surface area contributed by atoms with Gasteiger partial charge in [0.2, 0.25) is 0 Å². The molecule has 2 N–H and O–H groups in total. The van der Waals surface area contributed by atoms with Crippen molar-refractivity contribution in [1.29, 1.82) is 0 Å². The maximum absolute atomic E-state index is 11.7. The number of hydrogen-bond donors (Lipinski definition) is 2. The largest absolute Gasteiger partial charge is 0.479 e. The lowest BCUT2D eigenvalue weighted by Gasteiger charge is -2.21. The van der Waals surface area contributed by atoms with Crippen molar-refractivity contribution < 1.29 is 29.3 Å². The molecule has 0 unspecified atom stereocenters. The number of aliphatic carboxylic acids is 1. The maximum atomic E-state index is 11.7. The summed E-state index contributed by atoms with van der Waals surface area (Å²) in [5, 5.41) is 18.0. The average Bonchev–Trinajstić information content (AvgIpc) is 2.32. The lowest BCUT2D eigenvalue weighted by atomic mass is 9.89. The van der Waals surface area contributed by atoms with Crippen LogP contribution in [0.15, 0.2) is 0 Å².